The Morgan fingerprint density at radius 1 is 0.964 bits per heavy atom. The number of benzene rings is 2. The number of hydrogen-bond donors (Lipinski definition) is 2. The summed E-state index contributed by atoms with van der Waals surface area (Å²) in [4.78, 5) is 16.2. The Bertz CT molecular complexity index is 1030. The number of urea groups is 1. The first-order valence-electron chi connectivity index (χ1n) is 8.74. The lowest BCUT2D eigenvalue weighted by molar-refractivity contribution is 0.251. The largest absolute Gasteiger partial charge is 0.334 e. The zero-order valence-corrected chi connectivity index (χ0v) is 16.2. The quantitative estimate of drug-likeness (QED) is 0.666. The van der Waals surface area contributed by atoms with E-state index in [1.165, 1.54) is 12.1 Å². The van der Waals surface area contributed by atoms with Gasteiger partial charge in [0, 0.05) is 24.6 Å². The maximum atomic E-state index is 12.6. The molecule has 0 spiro atoms. The number of nitrogens with zero attached hydrogens (tertiary/aromatic N) is 1. The highest BCUT2D eigenvalue weighted by molar-refractivity contribution is 7.90. The Balaban J connectivity index is 1.59. The van der Waals surface area contributed by atoms with Gasteiger partial charge in [-0.25, -0.2) is 13.2 Å². The molecule has 3 rings (SSSR count). The lowest BCUT2D eigenvalue weighted by Crippen LogP contribution is -2.28. The SMILES string of the molecule is Cc1ccc(CS(=O)(=O)c2ccc(NC(=O)NCc3cccnc3)cc2)cc1. The van der Waals surface area contributed by atoms with Gasteiger partial charge in [-0.05, 0) is 48.4 Å². The van der Waals surface area contributed by atoms with Gasteiger partial charge in [0.25, 0.3) is 0 Å². The van der Waals surface area contributed by atoms with Crippen LogP contribution in [0.4, 0.5) is 10.5 Å². The number of aromatic nitrogens is 1. The third-order valence-electron chi connectivity index (χ3n) is 4.12. The number of amides is 2. The Kier molecular flexibility index (Phi) is 6.06. The van der Waals surface area contributed by atoms with E-state index in [1.54, 1.807) is 30.6 Å². The van der Waals surface area contributed by atoms with Crippen molar-refractivity contribution in [3.8, 4) is 0 Å². The molecular weight excluding hydrogens is 374 g/mol. The maximum absolute atomic E-state index is 12.6. The van der Waals surface area contributed by atoms with Gasteiger partial charge in [0.2, 0.25) is 0 Å². The molecule has 0 aliphatic heterocycles. The molecule has 28 heavy (non-hydrogen) atoms. The molecule has 0 radical (unpaired) electrons. The minimum absolute atomic E-state index is 0.0638. The molecule has 2 N–H and O–H groups in total. The van der Waals surface area contributed by atoms with Crippen LogP contribution in [0, 0.1) is 6.92 Å². The molecule has 0 aliphatic rings. The molecule has 7 heteroatoms. The number of anilines is 1. The van der Waals surface area contributed by atoms with Gasteiger partial charge in [0.1, 0.15) is 0 Å². The van der Waals surface area contributed by atoms with Crippen LogP contribution in [0.3, 0.4) is 0 Å². The number of pyridine rings is 1. The fourth-order valence-corrected chi connectivity index (χ4v) is 3.94. The predicted molar refractivity (Wildman–Crippen MR) is 109 cm³/mol. The summed E-state index contributed by atoms with van der Waals surface area (Å²) in [5, 5.41) is 5.40. The molecular formula is C21H21N3O3S. The van der Waals surface area contributed by atoms with E-state index < -0.39 is 9.84 Å². The topological polar surface area (TPSA) is 88.2 Å². The van der Waals surface area contributed by atoms with Crippen molar-refractivity contribution < 1.29 is 13.2 Å². The fraction of sp³-hybridized carbons (Fsp3) is 0.143. The van der Waals surface area contributed by atoms with Crippen LogP contribution < -0.4 is 10.6 Å². The standard InChI is InChI=1S/C21H21N3O3S/c1-16-4-6-17(7-5-16)15-28(26,27)20-10-8-19(9-11-20)24-21(25)23-14-18-3-2-12-22-13-18/h2-13H,14-15H2,1H3,(H2,23,24,25). The highest BCUT2D eigenvalue weighted by atomic mass is 32.2. The van der Waals surface area contributed by atoms with Crippen molar-refractivity contribution in [1.29, 1.82) is 0 Å². The highest BCUT2D eigenvalue weighted by Crippen LogP contribution is 2.19. The van der Waals surface area contributed by atoms with Gasteiger partial charge in [-0.3, -0.25) is 4.98 Å². The molecule has 2 amide bonds. The van der Waals surface area contributed by atoms with E-state index in [0.29, 0.717) is 12.2 Å². The zero-order valence-electron chi connectivity index (χ0n) is 15.4. The van der Waals surface area contributed by atoms with Crippen LogP contribution in [0.1, 0.15) is 16.7 Å². The summed E-state index contributed by atoms with van der Waals surface area (Å²) in [7, 11) is -3.45. The summed E-state index contributed by atoms with van der Waals surface area (Å²) >= 11 is 0. The third kappa shape index (κ3) is 5.40. The Labute approximate surface area is 164 Å². The fourth-order valence-electron chi connectivity index (χ4n) is 2.59. The summed E-state index contributed by atoms with van der Waals surface area (Å²) < 4.78 is 25.1. The number of aryl methyl sites for hydroxylation is 1. The number of rotatable bonds is 6. The first kappa shape index (κ1) is 19.6. The van der Waals surface area contributed by atoms with E-state index in [4.69, 9.17) is 0 Å². The number of carbonyl (C=O) groups is 1. The summed E-state index contributed by atoms with van der Waals surface area (Å²) in [5.74, 6) is -0.0638. The van der Waals surface area contributed by atoms with Crippen molar-refractivity contribution in [2.24, 2.45) is 0 Å². The van der Waals surface area contributed by atoms with Gasteiger partial charge in [-0.2, -0.15) is 0 Å². The molecule has 3 aromatic rings. The molecule has 0 bridgehead atoms. The molecule has 1 heterocycles. The second-order valence-electron chi connectivity index (χ2n) is 6.44. The second-order valence-corrected chi connectivity index (χ2v) is 8.43. The maximum Gasteiger partial charge on any atom is 0.319 e. The summed E-state index contributed by atoms with van der Waals surface area (Å²) in [6.07, 6.45) is 3.34. The van der Waals surface area contributed by atoms with Crippen LogP contribution in [-0.2, 0) is 22.1 Å². The molecule has 1 aromatic heterocycles. The van der Waals surface area contributed by atoms with Crippen LogP contribution in [0.5, 0.6) is 0 Å². The number of nitrogens with one attached hydrogen (secondary N) is 2. The third-order valence-corrected chi connectivity index (χ3v) is 5.83. The van der Waals surface area contributed by atoms with E-state index in [-0.39, 0.29) is 16.7 Å². The van der Waals surface area contributed by atoms with Crippen LogP contribution in [0.25, 0.3) is 0 Å². The van der Waals surface area contributed by atoms with Crippen LogP contribution in [-0.4, -0.2) is 19.4 Å². The minimum atomic E-state index is -3.45. The molecule has 144 valence electrons. The highest BCUT2D eigenvalue weighted by Gasteiger charge is 2.15. The second kappa shape index (κ2) is 8.67. The lowest BCUT2D eigenvalue weighted by atomic mass is 10.2. The van der Waals surface area contributed by atoms with Gasteiger partial charge in [0.15, 0.2) is 9.84 Å². The lowest BCUT2D eigenvalue weighted by Gasteiger charge is -2.09. The molecule has 0 unspecified atom stereocenters. The normalized spacial score (nSPS) is 11.0. The van der Waals surface area contributed by atoms with E-state index in [2.05, 4.69) is 15.6 Å². The first-order valence-corrected chi connectivity index (χ1v) is 10.4. The zero-order chi connectivity index (χ0) is 20.0. The Hall–Kier alpha value is -3.19. The van der Waals surface area contributed by atoms with E-state index in [9.17, 15) is 13.2 Å². The van der Waals surface area contributed by atoms with Crippen molar-refractivity contribution in [2.75, 3.05) is 5.32 Å². The molecule has 0 fully saturated rings. The minimum Gasteiger partial charge on any atom is -0.334 e. The first-order chi connectivity index (χ1) is 13.4. The molecule has 0 aliphatic carbocycles. The van der Waals surface area contributed by atoms with Gasteiger partial charge in [-0.15, -0.1) is 0 Å². The predicted octanol–water partition coefficient (Wildman–Crippen LogP) is 3.69. The van der Waals surface area contributed by atoms with Crippen molar-refractivity contribution in [1.82, 2.24) is 10.3 Å². The molecule has 6 nitrogen and oxygen atoms in total. The van der Waals surface area contributed by atoms with E-state index in [1.807, 2.05) is 37.3 Å². The van der Waals surface area contributed by atoms with E-state index in [0.717, 1.165) is 16.7 Å². The molecule has 0 atom stereocenters. The molecule has 0 saturated heterocycles. The van der Waals surface area contributed by atoms with Crippen LogP contribution in [0.15, 0.2) is 78.0 Å². The smallest absolute Gasteiger partial charge is 0.319 e. The molecule has 2 aromatic carbocycles. The average Bonchev–Trinajstić information content (AvgIpc) is 2.69. The van der Waals surface area contributed by atoms with Crippen molar-refractivity contribution >= 4 is 21.6 Å². The van der Waals surface area contributed by atoms with Gasteiger partial charge in [-0.1, -0.05) is 35.9 Å². The van der Waals surface area contributed by atoms with Gasteiger partial charge >= 0.3 is 6.03 Å². The molecule has 0 saturated carbocycles. The summed E-state index contributed by atoms with van der Waals surface area (Å²) in [6, 6.07) is 16.8. The van der Waals surface area contributed by atoms with Gasteiger partial charge < -0.3 is 10.6 Å². The van der Waals surface area contributed by atoms with E-state index >= 15 is 0 Å². The van der Waals surface area contributed by atoms with Crippen molar-refractivity contribution in [3.63, 3.8) is 0 Å². The summed E-state index contributed by atoms with van der Waals surface area (Å²) in [5.41, 5.74) is 3.22. The van der Waals surface area contributed by atoms with Gasteiger partial charge in [0.05, 0.1) is 10.6 Å². The monoisotopic (exact) mass is 395 g/mol. The summed E-state index contributed by atoms with van der Waals surface area (Å²) in [6.45, 7) is 2.31. The van der Waals surface area contributed by atoms with Crippen molar-refractivity contribution in [3.05, 3.63) is 89.7 Å². The Morgan fingerprint density at radius 3 is 2.32 bits per heavy atom. The van der Waals surface area contributed by atoms with Crippen LogP contribution >= 0.6 is 0 Å². The average molecular weight is 395 g/mol. The van der Waals surface area contributed by atoms with Crippen molar-refractivity contribution in [2.45, 2.75) is 24.1 Å². The number of hydrogen-bond acceptors (Lipinski definition) is 4. The number of sulfone groups is 1. The van der Waals surface area contributed by atoms with Crippen LogP contribution in [0.2, 0.25) is 0 Å². The number of carbonyl (C=O) groups excluding carboxylic acids is 1. The Morgan fingerprint density at radius 2 is 1.68 bits per heavy atom.